The summed E-state index contributed by atoms with van der Waals surface area (Å²) in [6.45, 7) is 2.81. The molecule has 0 bridgehead atoms. The number of alkyl halides is 3. The van der Waals surface area contributed by atoms with Crippen molar-refractivity contribution >= 4 is 22.8 Å². The highest BCUT2D eigenvalue weighted by Gasteiger charge is 2.45. The van der Waals surface area contributed by atoms with Crippen LogP contribution in [0.3, 0.4) is 0 Å². The Morgan fingerprint density at radius 3 is 2.52 bits per heavy atom. The monoisotopic (exact) mass is 438 g/mol. The molecule has 0 amide bonds. The molecule has 1 saturated carbocycles. The molecule has 31 heavy (non-hydrogen) atoms. The van der Waals surface area contributed by atoms with Crippen molar-refractivity contribution in [1.29, 1.82) is 0 Å². The largest absolute Gasteiger partial charge is 0.490 e. The van der Waals surface area contributed by atoms with Crippen molar-refractivity contribution in [3.63, 3.8) is 0 Å². The molecule has 1 aliphatic heterocycles. The minimum Gasteiger partial charge on any atom is -0.480 e. The molecule has 1 aromatic heterocycles. The number of benzene rings is 1. The number of hydrogen-bond acceptors (Lipinski definition) is 4. The Bertz CT molecular complexity index is 963. The third-order valence-corrected chi connectivity index (χ3v) is 6.07. The molecule has 3 unspecified atom stereocenters. The zero-order chi connectivity index (χ0) is 22.8. The minimum absolute atomic E-state index is 0.331. The van der Waals surface area contributed by atoms with Crippen LogP contribution in [-0.4, -0.2) is 50.3 Å². The average molecular weight is 438 g/mol. The van der Waals surface area contributed by atoms with Gasteiger partial charge in [0.1, 0.15) is 6.04 Å². The van der Waals surface area contributed by atoms with Gasteiger partial charge in [-0.25, -0.2) is 4.79 Å². The Morgan fingerprint density at radius 1 is 1.19 bits per heavy atom. The Hall–Kier alpha value is -2.68. The summed E-state index contributed by atoms with van der Waals surface area (Å²) in [5, 5.41) is 17.9. The number of aliphatic carboxylic acids is 2. The van der Waals surface area contributed by atoms with Crippen LogP contribution >= 0.6 is 0 Å². The summed E-state index contributed by atoms with van der Waals surface area (Å²) in [7, 11) is 0. The van der Waals surface area contributed by atoms with Crippen LogP contribution in [0.2, 0.25) is 0 Å². The fourth-order valence-electron chi connectivity index (χ4n) is 4.78. The summed E-state index contributed by atoms with van der Waals surface area (Å²) in [6, 6.07) is 8.49. The first-order valence-electron chi connectivity index (χ1n) is 10.2. The van der Waals surface area contributed by atoms with E-state index in [1.165, 1.54) is 24.8 Å². The van der Waals surface area contributed by atoms with Gasteiger partial charge in [-0.05, 0) is 55.4 Å². The van der Waals surface area contributed by atoms with Crippen LogP contribution in [0, 0.1) is 12.8 Å². The third kappa shape index (κ3) is 5.33. The second-order valence-electron chi connectivity index (χ2n) is 8.16. The van der Waals surface area contributed by atoms with Crippen LogP contribution in [0.4, 0.5) is 13.2 Å². The van der Waals surface area contributed by atoms with Gasteiger partial charge >= 0.3 is 18.1 Å². The molecule has 2 N–H and O–H groups in total. The van der Waals surface area contributed by atoms with Crippen LogP contribution in [0.5, 0.6) is 0 Å². The molecule has 9 heteroatoms. The number of halogens is 3. The number of aromatic nitrogens is 1. The fraction of sp³-hybridized carbons (Fsp3) is 0.500. The molecule has 2 aliphatic rings. The van der Waals surface area contributed by atoms with Gasteiger partial charge in [0.25, 0.3) is 0 Å². The lowest BCUT2D eigenvalue weighted by molar-refractivity contribution is -0.192. The number of aryl methyl sites for hydroxylation is 1. The lowest BCUT2D eigenvalue weighted by Crippen LogP contribution is -2.41. The van der Waals surface area contributed by atoms with Crippen molar-refractivity contribution in [3.05, 3.63) is 41.6 Å². The standard InChI is InChI=1S/C20H24N2O2.C2HF3O2/c1-13-9-14(10-16-6-4-8-21-19(13)16)12-22-17-7-3-2-5-15(17)11-18(22)20(23)24;3-2(4,5)1(6)7/h4,6,8-10,15,17-18H,2-3,5,7,11-12H2,1H3,(H,23,24);(H,6,7). The van der Waals surface area contributed by atoms with Crippen molar-refractivity contribution in [3.8, 4) is 0 Å². The van der Waals surface area contributed by atoms with E-state index in [9.17, 15) is 23.1 Å². The van der Waals surface area contributed by atoms with E-state index < -0.39 is 18.1 Å². The van der Waals surface area contributed by atoms with Crippen LogP contribution in [0.1, 0.15) is 43.2 Å². The summed E-state index contributed by atoms with van der Waals surface area (Å²) < 4.78 is 31.7. The lowest BCUT2D eigenvalue weighted by atomic mass is 9.84. The van der Waals surface area contributed by atoms with Gasteiger partial charge < -0.3 is 10.2 Å². The highest BCUT2D eigenvalue weighted by Crippen LogP contribution is 2.40. The summed E-state index contributed by atoms with van der Waals surface area (Å²) in [5.41, 5.74) is 3.40. The number of rotatable bonds is 3. The Balaban J connectivity index is 0.000000339. The molecule has 3 atom stereocenters. The maximum atomic E-state index is 11.8. The molecule has 0 spiro atoms. The van der Waals surface area contributed by atoms with Gasteiger partial charge in [-0.3, -0.25) is 14.7 Å². The van der Waals surface area contributed by atoms with E-state index in [-0.39, 0.29) is 6.04 Å². The fourth-order valence-corrected chi connectivity index (χ4v) is 4.78. The number of hydrogen-bond donors (Lipinski definition) is 2. The average Bonchev–Trinajstić information content (AvgIpc) is 3.07. The van der Waals surface area contributed by atoms with Crippen molar-refractivity contribution in [1.82, 2.24) is 9.88 Å². The number of pyridine rings is 1. The first-order chi connectivity index (χ1) is 14.6. The Kier molecular flexibility index (Phi) is 6.83. The highest BCUT2D eigenvalue weighted by atomic mass is 19.4. The first-order valence-corrected chi connectivity index (χ1v) is 10.2. The lowest BCUT2D eigenvalue weighted by Gasteiger charge is -2.33. The minimum atomic E-state index is -5.08. The molecular weight excluding hydrogens is 413 g/mol. The summed E-state index contributed by atoms with van der Waals surface area (Å²) in [6.07, 6.45) is 2.36. The van der Waals surface area contributed by atoms with Gasteiger partial charge in [0.2, 0.25) is 0 Å². The van der Waals surface area contributed by atoms with Crippen molar-refractivity contribution in [2.45, 2.75) is 63.8 Å². The van der Waals surface area contributed by atoms with E-state index in [4.69, 9.17) is 9.90 Å². The number of carbonyl (C=O) groups is 2. The van der Waals surface area contributed by atoms with Crippen molar-refractivity contribution in [2.24, 2.45) is 5.92 Å². The Morgan fingerprint density at radius 2 is 1.87 bits per heavy atom. The van der Waals surface area contributed by atoms with Crippen molar-refractivity contribution < 1.29 is 33.0 Å². The van der Waals surface area contributed by atoms with Crippen LogP contribution < -0.4 is 0 Å². The van der Waals surface area contributed by atoms with Gasteiger partial charge in [0.05, 0.1) is 5.52 Å². The molecule has 4 rings (SSSR count). The van der Waals surface area contributed by atoms with E-state index in [2.05, 4.69) is 35.0 Å². The van der Waals surface area contributed by atoms with E-state index in [1.54, 1.807) is 0 Å². The number of fused-ring (bicyclic) bond motifs is 2. The second-order valence-corrected chi connectivity index (χ2v) is 8.16. The normalized spacial score (nSPS) is 23.7. The molecule has 0 radical (unpaired) electrons. The second kappa shape index (κ2) is 9.21. The van der Waals surface area contributed by atoms with Gasteiger partial charge in [-0.15, -0.1) is 0 Å². The van der Waals surface area contributed by atoms with Gasteiger partial charge in [0, 0.05) is 24.2 Å². The van der Waals surface area contributed by atoms with Crippen LogP contribution in [0.15, 0.2) is 30.5 Å². The number of carboxylic acid groups (broad SMARTS) is 2. The zero-order valence-corrected chi connectivity index (χ0v) is 17.1. The van der Waals surface area contributed by atoms with E-state index in [0.717, 1.165) is 35.9 Å². The maximum Gasteiger partial charge on any atom is 0.490 e. The third-order valence-electron chi connectivity index (χ3n) is 6.07. The molecule has 1 aromatic carbocycles. The SMILES string of the molecule is Cc1cc(CN2C(C(=O)O)CC3CCCCC32)cc2cccnc12.O=C(O)C(F)(F)F. The van der Waals surface area contributed by atoms with Gasteiger partial charge in [-0.1, -0.05) is 25.0 Å². The topological polar surface area (TPSA) is 90.7 Å². The van der Waals surface area contributed by atoms with Crippen molar-refractivity contribution in [2.75, 3.05) is 0 Å². The van der Waals surface area contributed by atoms with E-state index in [1.807, 2.05) is 12.3 Å². The van der Waals surface area contributed by atoms with E-state index >= 15 is 0 Å². The molecule has 6 nitrogen and oxygen atoms in total. The number of carboxylic acids is 2. The van der Waals surface area contributed by atoms with E-state index in [0.29, 0.717) is 12.0 Å². The molecule has 1 aliphatic carbocycles. The Labute approximate surface area is 177 Å². The maximum absolute atomic E-state index is 11.8. The quantitative estimate of drug-likeness (QED) is 0.739. The highest BCUT2D eigenvalue weighted by molar-refractivity contribution is 5.82. The molecular formula is C22H25F3N2O4. The number of nitrogens with zero attached hydrogens (tertiary/aromatic N) is 2. The summed E-state index contributed by atoms with van der Waals surface area (Å²) >= 11 is 0. The number of likely N-dealkylation sites (tertiary alicyclic amines) is 1. The van der Waals surface area contributed by atoms with Gasteiger partial charge in [0.15, 0.2) is 0 Å². The molecule has 2 fully saturated rings. The summed E-state index contributed by atoms with van der Waals surface area (Å²) in [4.78, 5) is 27.4. The molecule has 2 aromatic rings. The zero-order valence-electron chi connectivity index (χ0n) is 17.1. The van der Waals surface area contributed by atoms with Crippen LogP contribution in [0.25, 0.3) is 10.9 Å². The predicted molar refractivity (Wildman–Crippen MR) is 108 cm³/mol. The first kappa shape index (κ1) is 23.0. The predicted octanol–water partition coefficient (Wildman–Crippen LogP) is 4.39. The molecule has 2 heterocycles. The summed E-state index contributed by atoms with van der Waals surface area (Å²) in [5.74, 6) is -2.86. The smallest absolute Gasteiger partial charge is 0.480 e. The molecule has 168 valence electrons. The van der Waals surface area contributed by atoms with Crippen LogP contribution in [-0.2, 0) is 16.1 Å². The van der Waals surface area contributed by atoms with Gasteiger partial charge in [-0.2, -0.15) is 13.2 Å². The molecule has 1 saturated heterocycles.